The van der Waals surface area contributed by atoms with Crippen molar-refractivity contribution < 1.29 is 9.53 Å². The Hall–Kier alpha value is -1.72. The van der Waals surface area contributed by atoms with E-state index in [1.54, 1.807) is 30.3 Å². The summed E-state index contributed by atoms with van der Waals surface area (Å²) in [4.78, 5) is 13.0. The van der Waals surface area contributed by atoms with Crippen molar-refractivity contribution in [3.05, 3.63) is 78.9 Å². The second-order valence-corrected chi connectivity index (χ2v) is 7.79. The van der Waals surface area contributed by atoms with Crippen molar-refractivity contribution in [1.29, 1.82) is 0 Å². The first-order valence-corrected chi connectivity index (χ1v) is 9.66. The van der Waals surface area contributed by atoms with E-state index < -0.39 is 0 Å². The molecular weight excluding hydrogens is 413 g/mol. The highest BCUT2D eigenvalue weighted by atomic mass is 35.5. The number of hydrogen-bond donors (Lipinski definition) is 1. The Morgan fingerprint density at radius 1 is 1.08 bits per heavy atom. The maximum absolute atomic E-state index is 12.4. The van der Waals surface area contributed by atoms with Crippen LogP contribution in [0.15, 0.2) is 47.8 Å². The lowest BCUT2D eigenvalue weighted by Gasteiger charge is -2.08. The number of amides is 1. The predicted molar refractivity (Wildman–Crippen MR) is 109 cm³/mol. The molecule has 3 nitrogen and oxygen atoms in total. The minimum absolute atomic E-state index is 0.229. The lowest BCUT2D eigenvalue weighted by Crippen LogP contribution is -2.10. The molecule has 0 bridgehead atoms. The van der Waals surface area contributed by atoms with Gasteiger partial charge in [0.2, 0.25) is 0 Å². The Labute approximate surface area is 170 Å². The maximum Gasteiger partial charge on any atom is 0.265 e. The molecule has 0 unspecified atom stereocenters. The lowest BCUT2D eigenvalue weighted by molar-refractivity contribution is 0.103. The van der Waals surface area contributed by atoms with Gasteiger partial charge in [-0.3, -0.25) is 4.79 Å². The van der Waals surface area contributed by atoms with E-state index in [4.69, 9.17) is 39.5 Å². The van der Waals surface area contributed by atoms with E-state index in [-0.39, 0.29) is 5.91 Å². The van der Waals surface area contributed by atoms with Gasteiger partial charge in [0.15, 0.2) is 0 Å². The molecule has 0 spiro atoms. The van der Waals surface area contributed by atoms with Crippen LogP contribution in [0.5, 0.6) is 5.75 Å². The molecule has 0 aliphatic rings. The van der Waals surface area contributed by atoms with Crippen LogP contribution in [0.25, 0.3) is 0 Å². The number of thiophene rings is 1. The molecule has 0 radical (unpaired) electrons. The molecule has 134 valence electrons. The third-order valence-electron chi connectivity index (χ3n) is 3.59. The number of rotatable bonds is 5. The molecular formula is C19H14Cl3NO2S. The van der Waals surface area contributed by atoms with Crippen LogP contribution in [0.4, 0.5) is 5.69 Å². The molecule has 0 aliphatic carbocycles. The van der Waals surface area contributed by atoms with Crippen molar-refractivity contribution in [2.45, 2.75) is 13.5 Å². The molecule has 7 heteroatoms. The van der Waals surface area contributed by atoms with Gasteiger partial charge in [-0.05, 0) is 60.3 Å². The van der Waals surface area contributed by atoms with Crippen molar-refractivity contribution in [2.75, 3.05) is 5.32 Å². The Bertz CT molecular complexity index is 956. The average Bonchev–Trinajstić information content (AvgIpc) is 3.06. The summed E-state index contributed by atoms with van der Waals surface area (Å²) < 4.78 is 5.80. The van der Waals surface area contributed by atoms with Gasteiger partial charge >= 0.3 is 0 Å². The number of carbonyl (C=O) groups is 1. The van der Waals surface area contributed by atoms with E-state index in [1.807, 2.05) is 24.4 Å². The quantitative estimate of drug-likeness (QED) is 0.484. The molecule has 1 N–H and O–H groups in total. The van der Waals surface area contributed by atoms with Crippen molar-refractivity contribution in [3.8, 4) is 5.75 Å². The fourth-order valence-corrected chi connectivity index (χ4v) is 3.76. The Balaban J connectivity index is 1.64. The van der Waals surface area contributed by atoms with Gasteiger partial charge in [-0.1, -0.05) is 34.8 Å². The fraction of sp³-hybridized carbons (Fsp3) is 0.105. The number of carbonyl (C=O) groups excluding carboxylic acids is 1. The second kappa shape index (κ2) is 8.31. The highest BCUT2D eigenvalue weighted by Crippen LogP contribution is 2.27. The smallest absolute Gasteiger partial charge is 0.265 e. The van der Waals surface area contributed by atoms with Crippen LogP contribution < -0.4 is 10.1 Å². The third-order valence-corrected chi connectivity index (χ3v) is 5.35. The summed E-state index contributed by atoms with van der Waals surface area (Å²) in [5.74, 6) is 0.535. The highest BCUT2D eigenvalue weighted by Gasteiger charge is 2.12. The minimum atomic E-state index is -0.229. The molecule has 1 aromatic heterocycles. The summed E-state index contributed by atoms with van der Waals surface area (Å²) in [6.07, 6.45) is 0. The summed E-state index contributed by atoms with van der Waals surface area (Å²) in [5, 5.41) is 6.25. The SMILES string of the molecule is Cc1cc(Cl)ccc1OCc1csc(C(=O)Nc2ccc(Cl)cc2Cl)c1. The zero-order valence-electron chi connectivity index (χ0n) is 13.7. The topological polar surface area (TPSA) is 38.3 Å². The third kappa shape index (κ3) is 4.71. The summed E-state index contributed by atoms with van der Waals surface area (Å²) in [5.41, 5.74) is 2.39. The Morgan fingerprint density at radius 3 is 2.54 bits per heavy atom. The molecule has 0 saturated carbocycles. The van der Waals surface area contributed by atoms with Gasteiger partial charge < -0.3 is 10.1 Å². The number of benzene rings is 2. The summed E-state index contributed by atoms with van der Waals surface area (Å²) >= 11 is 19.2. The molecule has 0 atom stereocenters. The number of anilines is 1. The van der Waals surface area contributed by atoms with Crippen LogP contribution in [-0.4, -0.2) is 5.91 Å². The molecule has 3 aromatic rings. The average molecular weight is 427 g/mol. The van der Waals surface area contributed by atoms with Crippen molar-refractivity contribution >= 4 is 57.7 Å². The summed E-state index contributed by atoms with van der Waals surface area (Å²) in [6.45, 7) is 2.30. The zero-order chi connectivity index (χ0) is 18.7. The van der Waals surface area contributed by atoms with Gasteiger partial charge in [-0.2, -0.15) is 0 Å². The first kappa shape index (κ1) is 19.1. The van der Waals surface area contributed by atoms with Crippen molar-refractivity contribution in [2.24, 2.45) is 0 Å². The van der Waals surface area contributed by atoms with Gasteiger partial charge in [0.05, 0.1) is 15.6 Å². The van der Waals surface area contributed by atoms with Gasteiger partial charge in [-0.25, -0.2) is 0 Å². The van der Waals surface area contributed by atoms with Crippen molar-refractivity contribution in [1.82, 2.24) is 0 Å². The molecule has 1 amide bonds. The summed E-state index contributed by atoms with van der Waals surface area (Å²) in [7, 11) is 0. The highest BCUT2D eigenvalue weighted by molar-refractivity contribution is 7.12. The van der Waals surface area contributed by atoms with Gasteiger partial charge in [-0.15, -0.1) is 11.3 Å². The largest absolute Gasteiger partial charge is 0.489 e. The number of hydrogen-bond acceptors (Lipinski definition) is 3. The second-order valence-electron chi connectivity index (χ2n) is 5.60. The van der Waals surface area contributed by atoms with E-state index in [2.05, 4.69) is 5.32 Å². The first-order valence-electron chi connectivity index (χ1n) is 7.65. The van der Waals surface area contributed by atoms with Gasteiger partial charge in [0, 0.05) is 15.6 Å². The van der Waals surface area contributed by atoms with Crippen LogP contribution in [-0.2, 0) is 6.61 Å². The number of ether oxygens (including phenoxy) is 1. The van der Waals surface area contributed by atoms with Crippen LogP contribution in [0, 0.1) is 6.92 Å². The van der Waals surface area contributed by atoms with Crippen LogP contribution in [0.3, 0.4) is 0 Å². The first-order chi connectivity index (χ1) is 12.4. The zero-order valence-corrected chi connectivity index (χ0v) is 16.8. The minimum Gasteiger partial charge on any atom is -0.489 e. The number of nitrogens with one attached hydrogen (secondary N) is 1. The molecule has 0 fully saturated rings. The predicted octanol–water partition coefficient (Wildman–Crippen LogP) is 6.85. The Kier molecular flexibility index (Phi) is 6.09. The molecule has 26 heavy (non-hydrogen) atoms. The number of halogens is 3. The van der Waals surface area contributed by atoms with E-state index in [1.165, 1.54) is 11.3 Å². The van der Waals surface area contributed by atoms with Crippen LogP contribution >= 0.6 is 46.1 Å². The van der Waals surface area contributed by atoms with Gasteiger partial charge in [0.25, 0.3) is 5.91 Å². The molecule has 0 aliphatic heterocycles. The molecule has 2 aromatic carbocycles. The fourth-order valence-electron chi connectivity index (χ4n) is 2.28. The van der Waals surface area contributed by atoms with Gasteiger partial charge in [0.1, 0.15) is 12.4 Å². The Morgan fingerprint density at radius 2 is 1.81 bits per heavy atom. The monoisotopic (exact) mass is 425 g/mol. The van der Waals surface area contributed by atoms with E-state index in [0.29, 0.717) is 32.2 Å². The normalized spacial score (nSPS) is 10.6. The van der Waals surface area contributed by atoms with E-state index >= 15 is 0 Å². The van der Waals surface area contributed by atoms with Crippen LogP contribution in [0.2, 0.25) is 15.1 Å². The summed E-state index contributed by atoms with van der Waals surface area (Å²) in [6, 6.07) is 12.2. The van der Waals surface area contributed by atoms with Crippen molar-refractivity contribution in [3.63, 3.8) is 0 Å². The van der Waals surface area contributed by atoms with E-state index in [9.17, 15) is 4.79 Å². The molecule has 3 rings (SSSR count). The number of aryl methyl sites for hydroxylation is 1. The molecule has 1 heterocycles. The van der Waals surface area contributed by atoms with E-state index in [0.717, 1.165) is 16.9 Å². The van der Waals surface area contributed by atoms with Crippen LogP contribution in [0.1, 0.15) is 20.8 Å². The maximum atomic E-state index is 12.4. The standard InChI is InChI=1S/C19H14Cl3NO2S/c1-11-6-13(20)3-5-17(11)25-9-12-7-18(26-10-12)19(24)23-16-4-2-14(21)8-15(16)22/h2-8,10H,9H2,1H3,(H,23,24). The lowest BCUT2D eigenvalue weighted by atomic mass is 10.2. The molecule has 0 saturated heterocycles.